The lowest BCUT2D eigenvalue weighted by molar-refractivity contribution is -0.140. The summed E-state index contributed by atoms with van der Waals surface area (Å²) in [4.78, 5) is 29.4. The maximum absolute atomic E-state index is 15.0. The standard InChI is InChI=1S/C35H38FN3O4S/c1-4-22-37-35(41)33(23-28-15-7-5-8-16-28)38(24-29-17-11-12-20-31(29)36)34(40)25-39(32-21-13-14-26(2)27(32)3)44(42,43)30-18-9-6-10-19-30/h5-21,33H,4,22-25H2,1-3H3,(H,37,41)/t33-/m0/s1. The second-order valence-electron chi connectivity index (χ2n) is 10.7. The van der Waals surface area contributed by atoms with Crippen LogP contribution in [0.15, 0.2) is 108 Å². The van der Waals surface area contributed by atoms with Gasteiger partial charge in [0.05, 0.1) is 10.6 Å². The number of hydrogen-bond donors (Lipinski definition) is 1. The first-order valence-corrected chi connectivity index (χ1v) is 16.1. The van der Waals surface area contributed by atoms with E-state index in [0.717, 1.165) is 15.4 Å². The molecule has 0 radical (unpaired) electrons. The molecule has 1 N–H and O–H groups in total. The van der Waals surface area contributed by atoms with E-state index >= 15 is 0 Å². The molecule has 44 heavy (non-hydrogen) atoms. The number of aryl methyl sites for hydroxylation is 1. The Labute approximate surface area is 259 Å². The summed E-state index contributed by atoms with van der Waals surface area (Å²) in [6, 6.07) is 27.5. The van der Waals surface area contributed by atoms with Crippen molar-refractivity contribution in [3.8, 4) is 0 Å². The van der Waals surface area contributed by atoms with E-state index in [-0.39, 0.29) is 23.4 Å². The lowest BCUT2D eigenvalue weighted by Gasteiger charge is -2.34. The molecule has 0 aliphatic heterocycles. The van der Waals surface area contributed by atoms with Gasteiger partial charge in [0.2, 0.25) is 11.8 Å². The fourth-order valence-corrected chi connectivity index (χ4v) is 6.46. The van der Waals surface area contributed by atoms with Crippen molar-refractivity contribution < 1.29 is 22.4 Å². The molecule has 4 aromatic rings. The van der Waals surface area contributed by atoms with Gasteiger partial charge in [0, 0.05) is 25.1 Å². The molecule has 0 bridgehead atoms. The van der Waals surface area contributed by atoms with Gasteiger partial charge in [0.15, 0.2) is 0 Å². The maximum Gasteiger partial charge on any atom is 0.264 e. The maximum atomic E-state index is 15.0. The number of sulfonamides is 1. The summed E-state index contributed by atoms with van der Waals surface area (Å²) in [5.41, 5.74) is 2.92. The summed E-state index contributed by atoms with van der Waals surface area (Å²) in [6.45, 7) is 5.16. The number of anilines is 1. The highest BCUT2D eigenvalue weighted by Crippen LogP contribution is 2.29. The van der Waals surface area contributed by atoms with Crippen LogP contribution in [0.5, 0.6) is 0 Å². The molecule has 230 valence electrons. The molecule has 0 spiro atoms. The van der Waals surface area contributed by atoms with Crippen LogP contribution in [0, 0.1) is 19.7 Å². The third-order valence-electron chi connectivity index (χ3n) is 7.57. The van der Waals surface area contributed by atoms with Crippen LogP contribution in [0.2, 0.25) is 0 Å². The van der Waals surface area contributed by atoms with Crippen LogP contribution in [-0.4, -0.2) is 44.3 Å². The molecule has 7 nitrogen and oxygen atoms in total. The molecule has 2 amide bonds. The van der Waals surface area contributed by atoms with Crippen molar-refractivity contribution in [2.45, 2.75) is 51.1 Å². The van der Waals surface area contributed by atoms with Gasteiger partial charge in [0.1, 0.15) is 18.4 Å². The zero-order valence-corrected chi connectivity index (χ0v) is 26.1. The minimum atomic E-state index is -4.21. The second kappa shape index (κ2) is 14.8. The lowest BCUT2D eigenvalue weighted by atomic mass is 10.0. The van der Waals surface area contributed by atoms with Gasteiger partial charge in [-0.15, -0.1) is 0 Å². The van der Waals surface area contributed by atoms with Crippen LogP contribution < -0.4 is 9.62 Å². The number of hydrogen-bond acceptors (Lipinski definition) is 4. The number of nitrogens with one attached hydrogen (secondary N) is 1. The number of carbonyl (C=O) groups is 2. The largest absolute Gasteiger partial charge is 0.354 e. The Kier molecular flexibility index (Phi) is 10.9. The smallest absolute Gasteiger partial charge is 0.264 e. The minimum Gasteiger partial charge on any atom is -0.354 e. The van der Waals surface area contributed by atoms with Gasteiger partial charge in [-0.2, -0.15) is 0 Å². The molecule has 1 atom stereocenters. The number of halogens is 1. The van der Waals surface area contributed by atoms with Crippen LogP contribution >= 0.6 is 0 Å². The lowest BCUT2D eigenvalue weighted by Crippen LogP contribution is -2.53. The quantitative estimate of drug-likeness (QED) is 0.206. The summed E-state index contributed by atoms with van der Waals surface area (Å²) in [6.07, 6.45) is 0.840. The van der Waals surface area contributed by atoms with Gasteiger partial charge in [-0.25, -0.2) is 12.8 Å². The fraction of sp³-hybridized carbons (Fsp3) is 0.257. The number of amides is 2. The molecule has 0 fully saturated rings. The molecule has 0 saturated heterocycles. The molecule has 4 aromatic carbocycles. The highest BCUT2D eigenvalue weighted by molar-refractivity contribution is 7.92. The first-order valence-electron chi connectivity index (χ1n) is 14.6. The summed E-state index contributed by atoms with van der Waals surface area (Å²) < 4.78 is 44.3. The Morgan fingerprint density at radius 3 is 2.14 bits per heavy atom. The van der Waals surface area contributed by atoms with E-state index in [9.17, 15) is 22.4 Å². The van der Waals surface area contributed by atoms with Crippen molar-refractivity contribution in [2.75, 3.05) is 17.4 Å². The SMILES string of the molecule is CCCNC(=O)[C@H](Cc1ccccc1)N(Cc1ccccc1F)C(=O)CN(c1cccc(C)c1C)S(=O)(=O)c1ccccc1. The van der Waals surface area contributed by atoms with Crippen molar-refractivity contribution in [1.82, 2.24) is 10.2 Å². The van der Waals surface area contributed by atoms with Crippen LogP contribution in [0.1, 0.15) is 35.6 Å². The van der Waals surface area contributed by atoms with Crippen molar-refractivity contribution in [2.24, 2.45) is 0 Å². The Balaban J connectivity index is 1.83. The highest BCUT2D eigenvalue weighted by Gasteiger charge is 2.35. The summed E-state index contributed by atoms with van der Waals surface area (Å²) in [7, 11) is -4.21. The average Bonchev–Trinajstić information content (AvgIpc) is 3.03. The number of rotatable bonds is 13. The monoisotopic (exact) mass is 615 g/mol. The average molecular weight is 616 g/mol. The second-order valence-corrected chi connectivity index (χ2v) is 12.5. The van der Waals surface area contributed by atoms with E-state index < -0.39 is 40.2 Å². The van der Waals surface area contributed by atoms with E-state index in [0.29, 0.717) is 24.2 Å². The molecule has 0 heterocycles. The van der Waals surface area contributed by atoms with Gasteiger partial charge < -0.3 is 10.2 Å². The topological polar surface area (TPSA) is 86.8 Å². The summed E-state index contributed by atoms with van der Waals surface area (Å²) in [5.74, 6) is -1.56. The van der Waals surface area contributed by atoms with Crippen LogP contribution in [0.4, 0.5) is 10.1 Å². The van der Waals surface area contributed by atoms with Crippen LogP contribution in [0.25, 0.3) is 0 Å². The summed E-state index contributed by atoms with van der Waals surface area (Å²) in [5, 5.41) is 2.89. The van der Waals surface area contributed by atoms with Crippen molar-refractivity contribution >= 4 is 27.5 Å². The number of nitrogens with zero attached hydrogens (tertiary/aromatic N) is 2. The van der Waals surface area contributed by atoms with E-state index in [1.54, 1.807) is 55.5 Å². The van der Waals surface area contributed by atoms with Crippen LogP contribution in [-0.2, 0) is 32.6 Å². The molecule has 0 saturated carbocycles. The van der Waals surface area contributed by atoms with Gasteiger partial charge in [0.25, 0.3) is 10.0 Å². The molecule has 0 aliphatic carbocycles. The third kappa shape index (κ3) is 7.71. The van der Waals surface area contributed by atoms with E-state index in [4.69, 9.17) is 0 Å². The van der Waals surface area contributed by atoms with Crippen LogP contribution in [0.3, 0.4) is 0 Å². The third-order valence-corrected chi connectivity index (χ3v) is 9.35. The van der Waals surface area contributed by atoms with Crippen molar-refractivity contribution in [3.05, 3.63) is 131 Å². The van der Waals surface area contributed by atoms with Gasteiger partial charge in [-0.3, -0.25) is 13.9 Å². The van der Waals surface area contributed by atoms with E-state index in [2.05, 4.69) is 5.32 Å². The molecule has 4 rings (SSSR count). The molecule has 0 unspecified atom stereocenters. The highest BCUT2D eigenvalue weighted by atomic mass is 32.2. The number of carbonyl (C=O) groups excluding carboxylic acids is 2. The first kappa shape index (κ1) is 32.4. The Hall–Kier alpha value is -4.50. The van der Waals surface area contributed by atoms with E-state index in [1.807, 2.05) is 50.2 Å². The molecule has 0 aliphatic rings. The molecular formula is C35H38FN3O4S. The van der Waals surface area contributed by atoms with Crippen molar-refractivity contribution in [1.29, 1.82) is 0 Å². The first-order chi connectivity index (χ1) is 21.1. The fourth-order valence-electron chi connectivity index (χ4n) is 4.97. The van der Waals surface area contributed by atoms with Gasteiger partial charge in [-0.1, -0.05) is 85.8 Å². The molecule has 9 heteroatoms. The van der Waals surface area contributed by atoms with Gasteiger partial charge in [-0.05, 0) is 61.2 Å². The predicted molar refractivity (Wildman–Crippen MR) is 171 cm³/mol. The normalized spacial score (nSPS) is 11.9. The van der Waals surface area contributed by atoms with Crippen molar-refractivity contribution in [3.63, 3.8) is 0 Å². The zero-order chi connectivity index (χ0) is 31.7. The zero-order valence-electron chi connectivity index (χ0n) is 25.2. The van der Waals surface area contributed by atoms with E-state index in [1.165, 1.54) is 23.1 Å². The number of benzene rings is 4. The summed E-state index contributed by atoms with van der Waals surface area (Å²) >= 11 is 0. The molecular weight excluding hydrogens is 577 g/mol. The minimum absolute atomic E-state index is 0.0240. The Bertz CT molecular complexity index is 1680. The Morgan fingerprint density at radius 2 is 1.48 bits per heavy atom. The molecule has 0 aromatic heterocycles. The predicted octanol–water partition coefficient (Wildman–Crippen LogP) is 5.80. The van der Waals surface area contributed by atoms with Gasteiger partial charge >= 0.3 is 0 Å². The Morgan fingerprint density at radius 1 is 0.841 bits per heavy atom.